The Morgan fingerprint density at radius 3 is 2.56 bits per heavy atom. The van der Waals surface area contributed by atoms with E-state index < -0.39 is 11.9 Å². The molecule has 0 aromatic heterocycles. The highest BCUT2D eigenvalue weighted by molar-refractivity contribution is 5.78. The Morgan fingerprint density at radius 1 is 1.39 bits per heavy atom. The molecule has 1 heterocycles. The van der Waals surface area contributed by atoms with Crippen LogP contribution in [0.4, 0.5) is 0 Å². The van der Waals surface area contributed by atoms with Crippen LogP contribution in [0.25, 0.3) is 0 Å². The summed E-state index contributed by atoms with van der Waals surface area (Å²) in [5, 5.41) is 9.00. The molecule has 1 N–H and O–H groups in total. The van der Waals surface area contributed by atoms with E-state index in [-0.39, 0.29) is 17.9 Å². The maximum absolute atomic E-state index is 11.9. The van der Waals surface area contributed by atoms with Gasteiger partial charge in [0.1, 0.15) is 0 Å². The Labute approximate surface area is 108 Å². The summed E-state index contributed by atoms with van der Waals surface area (Å²) in [5.41, 5.74) is 0. The fraction of sp³-hybridized carbons (Fsp3) is 0.846. The summed E-state index contributed by atoms with van der Waals surface area (Å²) in [5.74, 6) is -1.14. The van der Waals surface area contributed by atoms with Crippen molar-refractivity contribution in [3.63, 3.8) is 0 Å². The molecular formula is C13H23NO4. The fourth-order valence-corrected chi connectivity index (χ4v) is 2.19. The van der Waals surface area contributed by atoms with E-state index in [4.69, 9.17) is 9.84 Å². The lowest BCUT2D eigenvalue weighted by Crippen LogP contribution is -2.30. The van der Waals surface area contributed by atoms with Crippen LogP contribution in [0.1, 0.15) is 33.6 Å². The lowest BCUT2D eigenvalue weighted by atomic mass is 9.99. The number of rotatable bonds is 6. The first-order chi connectivity index (χ1) is 8.41. The van der Waals surface area contributed by atoms with Gasteiger partial charge in [0.25, 0.3) is 0 Å². The van der Waals surface area contributed by atoms with Crippen LogP contribution in [0.3, 0.4) is 0 Å². The number of carbonyl (C=O) groups excluding carboxylic acids is 1. The average Bonchev–Trinajstić information content (AvgIpc) is 2.66. The van der Waals surface area contributed by atoms with E-state index in [0.717, 1.165) is 0 Å². The van der Waals surface area contributed by atoms with Gasteiger partial charge in [-0.15, -0.1) is 0 Å². The molecule has 0 bridgehead atoms. The maximum Gasteiger partial charge on any atom is 0.308 e. The number of nitrogens with zero attached hydrogens (tertiary/aromatic N) is 1. The smallest absolute Gasteiger partial charge is 0.308 e. The van der Waals surface area contributed by atoms with Crippen LogP contribution in [-0.2, 0) is 14.3 Å². The summed E-state index contributed by atoms with van der Waals surface area (Å²) in [6.07, 6.45) is 1.31. The van der Waals surface area contributed by atoms with Crippen molar-refractivity contribution in [2.24, 2.45) is 11.8 Å². The zero-order chi connectivity index (χ0) is 13.7. The zero-order valence-electron chi connectivity index (χ0n) is 11.4. The average molecular weight is 257 g/mol. The van der Waals surface area contributed by atoms with Crippen LogP contribution in [0.15, 0.2) is 0 Å². The minimum Gasteiger partial charge on any atom is -0.481 e. The third-order valence-corrected chi connectivity index (χ3v) is 3.27. The van der Waals surface area contributed by atoms with E-state index >= 15 is 0 Å². The fourth-order valence-electron chi connectivity index (χ4n) is 2.19. The minimum absolute atomic E-state index is 0.0398. The first-order valence-electron chi connectivity index (χ1n) is 6.54. The van der Waals surface area contributed by atoms with Gasteiger partial charge >= 0.3 is 5.97 Å². The van der Waals surface area contributed by atoms with Gasteiger partial charge in [-0.2, -0.15) is 0 Å². The molecule has 1 amide bonds. The van der Waals surface area contributed by atoms with E-state index in [1.165, 1.54) is 0 Å². The summed E-state index contributed by atoms with van der Waals surface area (Å²) < 4.78 is 5.37. The highest BCUT2D eigenvalue weighted by Gasteiger charge is 2.36. The second-order valence-electron chi connectivity index (χ2n) is 5.24. The van der Waals surface area contributed by atoms with Crippen molar-refractivity contribution in [1.29, 1.82) is 0 Å². The van der Waals surface area contributed by atoms with Gasteiger partial charge < -0.3 is 14.7 Å². The van der Waals surface area contributed by atoms with Crippen molar-refractivity contribution in [3.05, 3.63) is 0 Å². The molecule has 1 fully saturated rings. The van der Waals surface area contributed by atoms with Gasteiger partial charge in [-0.1, -0.05) is 6.92 Å². The van der Waals surface area contributed by atoms with Crippen molar-refractivity contribution < 1.29 is 19.4 Å². The molecule has 0 radical (unpaired) electrons. The molecule has 2 atom stereocenters. The molecule has 0 aromatic carbocycles. The van der Waals surface area contributed by atoms with Crippen molar-refractivity contribution >= 4 is 11.9 Å². The molecular weight excluding hydrogens is 234 g/mol. The summed E-state index contributed by atoms with van der Waals surface area (Å²) in [6.45, 7) is 7.28. The van der Waals surface area contributed by atoms with Crippen LogP contribution in [0.2, 0.25) is 0 Å². The number of likely N-dealkylation sites (tertiary alicyclic amines) is 1. The highest BCUT2D eigenvalue weighted by Crippen LogP contribution is 2.23. The summed E-state index contributed by atoms with van der Waals surface area (Å²) in [6, 6.07) is 0. The minimum atomic E-state index is -0.805. The van der Waals surface area contributed by atoms with Crippen molar-refractivity contribution in [2.45, 2.75) is 39.7 Å². The number of ether oxygens (including phenoxy) is 1. The molecule has 0 saturated carbocycles. The normalized spacial score (nSPS) is 23.7. The van der Waals surface area contributed by atoms with Gasteiger partial charge in [0.15, 0.2) is 0 Å². The SMILES string of the molecule is CC(C)OCCCC(=O)N1C[C@@H](C)[C@H](C(=O)O)C1. The second kappa shape index (κ2) is 6.73. The maximum atomic E-state index is 11.9. The molecule has 5 heteroatoms. The molecule has 18 heavy (non-hydrogen) atoms. The van der Waals surface area contributed by atoms with Gasteiger partial charge in [-0.25, -0.2) is 0 Å². The molecule has 0 aliphatic carbocycles. The molecule has 1 aliphatic rings. The van der Waals surface area contributed by atoms with Gasteiger partial charge in [-0.05, 0) is 26.2 Å². The Hall–Kier alpha value is -1.10. The number of amides is 1. The Bertz CT molecular complexity index is 303. The standard InChI is InChI=1S/C13H23NO4/c1-9(2)18-6-4-5-12(15)14-7-10(3)11(8-14)13(16)17/h9-11H,4-8H2,1-3H3,(H,16,17)/t10-,11-/m1/s1. The molecule has 5 nitrogen and oxygen atoms in total. The molecule has 1 rings (SSSR count). The van der Waals surface area contributed by atoms with E-state index in [0.29, 0.717) is 32.5 Å². The number of hydrogen-bond donors (Lipinski definition) is 1. The molecule has 1 aliphatic heterocycles. The van der Waals surface area contributed by atoms with E-state index in [1.807, 2.05) is 20.8 Å². The predicted molar refractivity (Wildman–Crippen MR) is 67.2 cm³/mol. The highest BCUT2D eigenvalue weighted by atomic mass is 16.5. The summed E-state index contributed by atoms with van der Waals surface area (Å²) in [4.78, 5) is 24.5. The van der Waals surface area contributed by atoms with Crippen LogP contribution < -0.4 is 0 Å². The van der Waals surface area contributed by atoms with Crippen LogP contribution >= 0.6 is 0 Å². The first-order valence-corrected chi connectivity index (χ1v) is 6.54. The molecule has 0 spiro atoms. The van der Waals surface area contributed by atoms with Gasteiger partial charge in [-0.3, -0.25) is 9.59 Å². The number of carbonyl (C=O) groups is 2. The molecule has 104 valence electrons. The largest absolute Gasteiger partial charge is 0.481 e. The Balaban J connectivity index is 2.29. The van der Waals surface area contributed by atoms with Crippen LogP contribution in [0, 0.1) is 11.8 Å². The number of aliphatic carboxylic acids is 1. The number of hydrogen-bond acceptors (Lipinski definition) is 3. The van der Waals surface area contributed by atoms with Gasteiger partial charge in [0, 0.05) is 26.1 Å². The summed E-state index contributed by atoms with van der Waals surface area (Å²) >= 11 is 0. The molecule has 1 saturated heterocycles. The van der Waals surface area contributed by atoms with Crippen molar-refractivity contribution in [2.75, 3.05) is 19.7 Å². The van der Waals surface area contributed by atoms with Gasteiger partial charge in [0.05, 0.1) is 12.0 Å². The van der Waals surface area contributed by atoms with Crippen molar-refractivity contribution in [3.8, 4) is 0 Å². The molecule has 0 aromatic rings. The molecule has 0 unspecified atom stereocenters. The third-order valence-electron chi connectivity index (χ3n) is 3.27. The van der Waals surface area contributed by atoms with Crippen LogP contribution in [-0.4, -0.2) is 47.7 Å². The van der Waals surface area contributed by atoms with Crippen molar-refractivity contribution in [1.82, 2.24) is 4.90 Å². The summed E-state index contributed by atoms with van der Waals surface area (Å²) in [7, 11) is 0. The first kappa shape index (κ1) is 15.0. The zero-order valence-corrected chi connectivity index (χ0v) is 11.4. The van der Waals surface area contributed by atoms with E-state index in [1.54, 1.807) is 4.90 Å². The van der Waals surface area contributed by atoms with E-state index in [9.17, 15) is 9.59 Å². The Kier molecular flexibility index (Phi) is 5.59. The quantitative estimate of drug-likeness (QED) is 0.730. The van der Waals surface area contributed by atoms with Crippen LogP contribution in [0.5, 0.6) is 0 Å². The third kappa shape index (κ3) is 4.29. The number of carboxylic acid groups (broad SMARTS) is 1. The topological polar surface area (TPSA) is 66.8 Å². The van der Waals surface area contributed by atoms with Gasteiger partial charge in [0.2, 0.25) is 5.91 Å². The second-order valence-corrected chi connectivity index (χ2v) is 5.24. The van der Waals surface area contributed by atoms with E-state index in [2.05, 4.69) is 0 Å². The monoisotopic (exact) mass is 257 g/mol. The Morgan fingerprint density at radius 2 is 2.06 bits per heavy atom. The number of carboxylic acids is 1. The lowest BCUT2D eigenvalue weighted by Gasteiger charge is -2.16. The lowest BCUT2D eigenvalue weighted by molar-refractivity contribution is -0.142. The predicted octanol–water partition coefficient (Wildman–Crippen LogP) is 1.37.